The molecule has 0 spiro atoms. The Morgan fingerprint density at radius 1 is 0.960 bits per heavy atom. The van der Waals surface area contributed by atoms with Crippen LogP contribution in [0.25, 0.3) is 0 Å². The van der Waals surface area contributed by atoms with Gasteiger partial charge in [0.05, 0.1) is 12.7 Å². The van der Waals surface area contributed by atoms with Gasteiger partial charge in [0.2, 0.25) is 5.91 Å². The van der Waals surface area contributed by atoms with E-state index in [9.17, 15) is 35.4 Å². The van der Waals surface area contributed by atoms with Crippen LogP contribution in [-0.4, -0.2) is 105 Å². The second-order valence-electron chi connectivity index (χ2n) is 6.29. The standard InChI is InChI=1S/C14H25NO10/c1-4-8(17)11(20)12(21)14(24-4)23-3-6-9(18)10(19)7(13(22)25-6)15-5(2)16/h4,6-14,17-22H,3H2,1-2H3,(H,15,16). The molecular weight excluding hydrogens is 342 g/mol. The van der Waals surface area contributed by atoms with Crippen molar-refractivity contribution in [3.63, 3.8) is 0 Å². The highest BCUT2D eigenvalue weighted by atomic mass is 16.7. The summed E-state index contributed by atoms with van der Waals surface area (Å²) < 4.78 is 15.6. The highest BCUT2D eigenvalue weighted by Crippen LogP contribution is 2.24. The molecule has 1 amide bonds. The normalized spacial score (nSPS) is 48.2. The Bertz CT molecular complexity index is 465. The van der Waals surface area contributed by atoms with Crippen molar-refractivity contribution in [3.8, 4) is 0 Å². The van der Waals surface area contributed by atoms with Crippen molar-refractivity contribution in [1.29, 1.82) is 0 Å². The molecule has 0 aliphatic carbocycles. The first-order chi connectivity index (χ1) is 11.6. The van der Waals surface area contributed by atoms with Crippen LogP contribution >= 0.6 is 0 Å². The van der Waals surface area contributed by atoms with Crippen LogP contribution in [0.5, 0.6) is 0 Å². The summed E-state index contributed by atoms with van der Waals surface area (Å²) in [6.45, 7) is 2.27. The van der Waals surface area contributed by atoms with Crippen LogP contribution in [0, 0.1) is 0 Å². The van der Waals surface area contributed by atoms with Crippen LogP contribution < -0.4 is 5.32 Å². The van der Waals surface area contributed by atoms with E-state index in [2.05, 4.69) is 5.32 Å². The number of carbonyl (C=O) groups excluding carboxylic acids is 1. The van der Waals surface area contributed by atoms with Gasteiger partial charge in [0.1, 0.15) is 42.7 Å². The number of carbonyl (C=O) groups is 1. The molecule has 0 radical (unpaired) electrons. The summed E-state index contributed by atoms with van der Waals surface area (Å²) in [5.41, 5.74) is 0. The smallest absolute Gasteiger partial charge is 0.217 e. The van der Waals surface area contributed by atoms with Gasteiger partial charge in [-0.15, -0.1) is 0 Å². The molecule has 2 saturated heterocycles. The number of nitrogens with one attached hydrogen (secondary N) is 1. The number of hydrogen-bond acceptors (Lipinski definition) is 10. The fraction of sp³-hybridized carbons (Fsp3) is 0.929. The third-order valence-corrected chi connectivity index (χ3v) is 4.32. The summed E-state index contributed by atoms with van der Waals surface area (Å²) in [5.74, 6) is -0.520. The third-order valence-electron chi connectivity index (χ3n) is 4.32. The maximum absolute atomic E-state index is 11.1. The highest BCUT2D eigenvalue weighted by Gasteiger charge is 2.46. The molecule has 2 aliphatic heterocycles. The SMILES string of the molecule is CC(=O)NC1C(O)OC(COC2OC(C)C(O)C(O)C2O)C(O)C1O. The van der Waals surface area contributed by atoms with E-state index in [0.717, 1.165) is 0 Å². The van der Waals surface area contributed by atoms with Crippen molar-refractivity contribution in [1.82, 2.24) is 5.32 Å². The van der Waals surface area contributed by atoms with Gasteiger partial charge in [-0.25, -0.2) is 0 Å². The minimum absolute atomic E-state index is 0.390. The Hall–Kier alpha value is -0.890. The summed E-state index contributed by atoms with van der Waals surface area (Å²) in [6, 6.07) is -1.21. The average Bonchev–Trinajstić information content (AvgIpc) is 2.55. The summed E-state index contributed by atoms with van der Waals surface area (Å²) in [7, 11) is 0. The van der Waals surface area contributed by atoms with Crippen LogP contribution in [0.3, 0.4) is 0 Å². The van der Waals surface area contributed by atoms with Gasteiger partial charge in [0.15, 0.2) is 12.6 Å². The predicted octanol–water partition coefficient (Wildman–Crippen LogP) is -4.23. The van der Waals surface area contributed by atoms with E-state index in [4.69, 9.17) is 14.2 Å². The lowest BCUT2D eigenvalue weighted by Gasteiger charge is -2.42. The van der Waals surface area contributed by atoms with E-state index in [1.165, 1.54) is 13.8 Å². The zero-order chi connectivity index (χ0) is 18.9. The molecule has 2 fully saturated rings. The van der Waals surface area contributed by atoms with Crippen LogP contribution in [-0.2, 0) is 19.0 Å². The number of hydrogen-bond donors (Lipinski definition) is 7. The molecule has 146 valence electrons. The molecule has 11 heteroatoms. The molecule has 2 rings (SSSR count). The lowest BCUT2D eigenvalue weighted by atomic mass is 9.97. The number of rotatable bonds is 4. The lowest BCUT2D eigenvalue weighted by molar-refractivity contribution is -0.313. The molecule has 2 aliphatic rings. The summed E-state index contributed by atoms with van der Waals surface area (Å²) in [4.78, 5) is 11.1. The third kappa shape index (κ3) is 4.45. The molecule has 10 atom stereocenters. The minimum Gasteiger partial charge on any atom is -0.388 e. The van der Waals surface area contributed by atoms with Crippen molar-refractivity contribution >= 4 is 5.91 Å². The van der Waals surface area contributed by atoms with Gasteiger partial charge in [0, 0.05) is 6.92 Å². The van der Waals surface area contributed by atoms with Gasteiger partial charge in [-0.05, 0) is 6.92 Å². The second-order valence-corrected chi connectivity index (χ2v) is 6.29. The van der Waals surface area contributed by atoms with Gasteiger partial charge >= 0.3 is 0 Å². The molecule has 11 nitrogen and oxygen atoms in total. The molecule has 0 aromatic heterocycles. The quantitative estimate of drug-likeness (QED) is 0.257. The summed E-state index contributed by atoms with van der Waals surface area (Å²) >= 11 is 0. The number of aliphatic hydroxyl groups is 6. The topological polar surface area (TPSA) is 178 Å². The van der Waals surface area contributed by atoms with E-state index in [1.54, 1.807) is 0 Å². The van der Waals surface area contributed by atoms with Gasteiger partial charge in [-0.3, -0.25) is 4.79 Å². The van der Waals surface area contributed by atoms with Crippen LogP contribution in [0.4, 0.5) is 0 Å². The van der Waals surface area contributed by atoms with E-state index in [1.807, 2.05) is 0 Å². The van der Waals surface area contributed by atoms with Crippen molar-refractivity contribution in [2.75, 3.05) is 6.61 Å². The van der Waals surface area contributed by atoms with Crippen LogP contribution in [0.2, 0.25) is 0 Å². The molecule has 0 bridgehead atoms. The number of ether oxygens (including phenoxy) is 3. The lowest BCUT2D eigenvalue weighted by Crippen LogP contribution is -2.64. The Balaban J connectivity index is 1.94. The first kappa shape index (κ1) is 20.4. The molecule has 25 heavy (non-hydrogen) atoms. The van der Waals surface area contributed by atoms with Crippen molar-refractivity contribution < 1.29 is 49.6 Å². The predicted molar refractivity (Wildman–Crippen MR) is 78.8 cm³/mol. The number of aliphatic hydroxyl groups excluding tert-OH is 6. The van der Waals surface area contributed by atoms with E-state index >= 15 is 0 Å². The van der Waals surface area contributed by atoms with Crippen molar-refractivity contribution in [3.05, 3.63) is 0 Å². The largest absolute Gasteiger partial charge is 0.388 e. The molecule has 10 unspecified atom stereocenters. The molecule has 0 aromatic carbocycles. The van der Waals surface area contributed by atoms with Gasteiger partial charge < -0.3 is 50.2 Å². The fourth-order valence-electron chi connectivity index (χ4n) is 2.82. The van der Waals surface area contributed by atoms with E-state index in [0.29, 0.717) is 0 Å². The van der Waals surface area contributed by atoms with Gasteiger partial charge in [0.25, 0.3) is 0 Å². The van der Waals surface area contributed by atoms with Crippen molar-refractivity contribution in [2.45, 2.75) is 75.2 Å². The first-order valence-electron chi connectivity index (χ1n) is 7.91. The second kappa shape index (κ2) is 8.20. The van der Waals surface area contributed by atoms with E-state index < -0.39 is 67.3 Å². The van der Waals surface area contributed by atoms with Crippen molar-refractivity contribution in [2.24, 2.45) is 0 Å². The maximum Gasteiger partial charge on any atom is 0.217 e. The maximum atomic E-state index is 11.1. The van der Waals surface area contributed by atoms with Crippen LogP contribution in [0.1, 0.15) is 13.8 Å². The van der Waals surface area contributed by atoms with Gasteiger partial charge in [-0.1, -0.05) is 0 Å². The summed E-state index contributed by atoms with van der Waals surface area (Å²) in [5, 5.41) is 61.4. The Morgan fingerprint density at radius 3 is 2.20 bits per heavy atom. The Kier molecular flexibility index (Phi) is 6.70. The Morgan fingerprint density at radius 2 is 1.60 bits per heavy atom. The average molecular weight is 367 g/mol. The first-order valence-corrected chi connectivity index (χ1v) is 7.91. The molecule has 2 heterocycles. The fourth-order valence-corrected chi connectivity index (χ4v) is 2.82. The highest BCUT2D eigenvalue weighted by molar-refractivity contribution is 5.73. The monoisotopic (exact) mass is 367 g/mol. The van der Waals surface area contributed by atoms with Crippen LogP contribution in [0.15, 0.2) is 0 Å². The molecule has 0 saturated carbocycles. The Labute approximate surface area is 143 Å². The molecular formula is C14H25NO10. The zero-order valence-corrected chi connectivity index (χ0v) is 13.8. The number of amides is 1. The molecule has 7 N–H and O–H groups in total. The minimum atomic E-state index is -1.58. The van der Waals surface area contributed by atoms with Gasteiger partial charge in [-0.2, -0.15) is 0 Å². The molecule has 0 aromatic rings. The zero-order valence-electron chi connectivity index (χ0n) is 13.8. The summed E-state index contributed by atoms with van der Waals surface area (Å²) in [6.07, 6.45) is -12.2. The van der Waals surface area contributed by atoms with E-state index in [-0.39, 0.29) is 6.61 Å².